The number of nitrogens with one attached hydrogen (secondary N) is 1. The zero-order chi connectivity index (χ0) is 11.7. The molecule has 1 fully saturated rings. The molecule has 0 aromatic carbocycles. The molecule has 0 spiro atoms. The molecule has 2 N–H and O–H groups in total. The highest BCUT2D eigenvalue weighted by Gasteiger charge is 2.44. The Kier molecular flexibility index (Phi) is 2.78. The van der Waals surface area contributed by atoms with Gasteiger partial charge >= 0.3 is 6.09 Å². The van der Waals surface area contributed by atoms with Crippen molar-refractivity contribution in [3.8, 4) is 0 Å². The molecule has 0 radical (unpaired) electrons. The summed E-state index contributed by atoms with van der Waals surface area (Å²) in [6.45, 7) is 0.245. The van der Waals surface area contributed by atoms with Crippen molar-refractivity contribution in [3.05, 3.63) is 22.8 Å². The molecule has 6 nitrogen and oxygen atoms in total. The quantitative estimate of drug-likeness (QED) is 0.631. The second kappa shape index (κ2) is 4.09. The largest absolute Gasteiger partial charge is 0.465 e. The van der Waals surface area contributed by atoms with Crippen molar-refractivity contribution in [2.45, 2.75) is 6.04 Å². The van der Waals surface area contributed by atoms with Gasteiger partial charge in [0.25, 0.3) is 0 Å². The molecule has 1 aliphatic heterocycles. The van der Waals surface area contributed by atoms with Gasteiger partial charge in [-0.25, -0.2) is 9.78 Å². The maximum Gasteiger partial charge on any atom is 0.408 e. The third-order valence-electron chi connectivity index (χ3n) is 2.13. The second-order valence-corrected chi connectivity index (χ2v) is 4.10. The summed E-state index contributed by atoms with van der Waals surface area (Å²) < 4.78 is 0.608. The van der Waals surface area contributed by atoms with Crippen LogP contribution in [0.1, 0.15) is 0 Å². The van der Waals surface area contributed by atoms with Crippen molar-refractivity contribution in [2.75, 3.05) is 11.9 Å². The molecule has 1 aliphatic rings. The zero-order valence-electron chi connectivity index (χ0n) is 8.05. The normalized spacial score (nSPS) is 18.1. The third-order valence-corrected chi connectivity index (χ3v) is 2.57. The van der Waals surface area contributed by atoms with E-state index in [2.05, 4.69) is 26.2 Å². The number of carbonyl (C=O) groups is 2. The minimum Gasteiger partial charge on any atom is -0.465 e. The van der Waals surface area contributed by atoms with Crippen LogP contribution < -0.4 is 5.32 Å². The number of amides is 2. The molecule has 0 saturated carbocycles. The third kappa shape index (κ3) is 2.30. The van der Waals surface area contributed by atoms with E-state index in [0.717, 1.165) is 4.90 Å². The van der Waals surface area contributed by atoms with Crippen molar-refractivity contribution in [1.29, 1.82) is 0 Å². The first-order valence-corrected chi connectivity index (χ1v) is 5.30. The molecule has 0 aliphatic carbocycles. The maximum atomic E-state index is 11.5. The molecule has 2 amide bonds. The Labute approximate surface area is 99.4 Å². The van der Waals surface area contributed by atoms with Gasteiger partial charge in [0.1, 0.15) is 16.5 Å². The van der Waals surface area contributed by atoms with Gasteiger partial charge in [-0.15, -0.1) is 0 Å². The topological polar surface area (TPSA) is 82.3 Å². The van der Waals surface area contributed by atoms with Gasteiger partial charge in [0.2, 0.25) is 5.91 Å². The number of halogens is 1. The lowest BCUT2D eigenvalue weighted by molar-refractivity contribution is -0.116. The number of anilines is 1. The summed E-state index contributed by atoms with van der Waals surface area (Å²) >= 11 is 3.17. The summed E-state index contributed by atoms with van der Waals surface area (Å²) in [7, 11) is 0. The Morgan fingerprint density at radius 1 is 1.56 bits per heavy atom. The summed E-state index contributed by atoms with van der Waals surface area (Å²) in [5.41, 5.74) is 0. The van der Waals surface area contributed by atoms with Crippen molar-refractivity contribution >= 4 is 33.7 Å². The van der Waals surface area contributed by atoms with Gasteiger partial charge in [-0.1, -0.05) is 6.07 Å². The number of pyridine rings is 1. The van der Waals surface area contributed by atoms with E-state index in [1.54, 1.807) is 18.2 Å². The van der Waals surface area contributed by atoms with Crippen LogP contribution in [0.3, 0.4) is 0 Å². The Balaban J connectivity index is 1.96. The van der Waals surface area contributed by atoms with Crippen molar-refractivity contribution < 1.29 is 14.7 Å². The molecule has 1 aromatic heterocycles. The van der Waals surface area contributed by atoms with Gasteiger partial charge in [0.15, 0.2) is 0 Å². The first kappa shape index (κ1) is 10.9. The van der Waals surface area contributed by atoms with E-state index < -0.39 is 12.1 Å². The summed E-state index contributed by atoms with van der Waals surface area (Å²) in [5.74, 6) is 0.0459. The van der Waals surface area contributed by atoms with E-state index in [1.165, 1.54) is 0 Å². The fourth-order valence-electron chi connectivity index (χ4n) is 1.26. The van der Waals surface area contributed by atoms with E-state index in [4.69, 9.17) is 5.11 Å². The van der Waals surface area contributed by atoms with Gasteiger partial charge in [-0.2, -0.15) is 0 Å². The monoisotopic (exact) mass is 285 g/mol. The SMILES string of the molecule is O=C(Nc1cccc(Br)n1)[C@@H]1CN1C(=O)O. The number of aromatic nitrogens is 1. The minimum atomic E-state index is -1.08. The van der Waals surface area contributed by atoms with Crippen LogP contribution in [0.5, 0.6) is 0 Å². The number of hydrogen-bond donors (Lipinski definition) is 2. The van der Waals surface area contributed by atoms with Crippen LogP contribution in [-0.4, -0.2) is 39.6 Å². The van der Waals surface area contributed by atoms with E-state index in [-0.39, 0.29) is 12.5 Å². The molecule has 0 bridgehead atoms. The highest BCUT2D eigenvalue weighted by molar-refractivity contribution is 9.10. The molecular weight excluding hydrogens is 278 g/mol. The summed E-state index contributed by atoms with van der Waals surface area (Å²) in [6, 6.07) is 4.51. The first-order valence-electron chi connectivity index (χ1n) is 4.51. The van der Waals surface area contributed by atoms with Crippen LogP contribution >= 0.6 is 15.9 Å². The first-order chi connectivity index (χ1) is 7.58. The van der Waals surface area contributed by atoms with Gasteiger partial charge < -0.3 is 10.4 Å². The second-order valence-electron chi connectivity index (χ2n) is 3.29. The summed E-state index contributed by atoms with van der Waals surface area (Å²) in [6.07, 6.45) is -1.08. The molecule has 2 rings (SSSR count). The van der Waals surface area contributed by atoms with Crippen molar-refractivity contribution in [3.63, 3.8) is 0 Å². The molecule has 0 unspecified atom stereocenters. The molecule has 84 valence electrons. The van der Waals surface area contributed by atoms with E-state index >= 15 is 0 Å². The van der Waals surface area contributed by atoms with Crippen molar-refractivity contribution in [1.82, 2.24) is 9.88 Å². The average molecular weight is 286 g/mol. The minimum absolute atomic E-state index is 0.245. The maximum absolute atomic E-state index is 11.5. The smallest absolute Gasteiger partial charge is 0.408 e. The van der Waals surface area contributed by atoms with Crippen LogP contribution in [0.2, 0.25) is 0 Å². The fraction of sp³-hybridized carbons (Fsp3) is 0.222. The molecule has 1 aromatic rings. The van der Waals surface area contributed by atoms with Crippen LogP contribution in [0.15, 0.2) is 22.8 Å². The molecule has 1 saturated heterocycles. The predicted molar refractivity (Wildman–Crippen MR) is 59.1 cm³/mol. The standard InChI is InChI=1S/C9H8BrN3O3/c10-6-2-1-3-7(11-6)12-8(14)5-4-13(5)9(15)16/h1-3,5H,4H2,(H,15,16)(H,11,12,14)/t5-,13?/m0/s1. The van der Waals surface area contributed by atoms with E-state index in [9.17, 15) is 9.59 Å². The highest BCUT2D eigenvalue weighted by atomic mass is 79.9. The predicted octanol–water partition coefficient (Wildman–Crippen LogP) is 1.14. The number of carboxylic acid groups (broad SMARTS) is 1. The molecule has 16 heavy (non-hydrogen) atoms. The van der Waals surface area contributed by atoms with Gasteiger partial charge in [-0.05, 0) is 28.1 Å². The van der Waals surface area contributed by atoms with Crippen molar-refractivity contribution in [2.24, 2.45) is 0 Å². The van der Waals surface area contributed by atoms with Gasteiger partial charge in [0.05, 0.1) is 6.54 Å². The Hall–Kier alpha value is -1.63. The molecule has 7 heteroatoms. The molecule has 1 atom stereocenters. The lowest BCUT2D eigenvalue weighted by atomic mass is 10.4. The lowest BCUT2D eigenvalue weighted by Crippen LogP contribution is -2.24. The van der Waals surface area contributed by atoms with Crippen LogP contribution in [-0.2, 0) is 4.79 Å². The number of rotatable bonds is 2. The van der Waals surface area contributed by atoms with Crippen LogP contribution in [0.25, 0.3) is 0 Å². The number of nitrogens with zero attached hydrogens (tertiary/aromatic N) is 2. The molecular formula is C9H8BrN3O3. The van der Waals surface area contributed by atoms with E-state index in [0.29, 0.717) is 10.4 Å². The Morgan fingerprint density at radius 2 is 2.31 bits per heavy atom. The fourth-order valence-corrected chi connectivity index (χ4v) is 1.61. The van der Waals surface area contributed by atoms with E-state index in [1.807, 2.05) is 0 Å². The van der Waals surface area contributed by atoms with Gasteiger partial charge in [-0.3, -0.25) is 9.69 Å². The number of hydrogen-bond acceptors (Lipinski definition) is 3. The summed E-state index contributed by atoms with van der Waals surface area (Å²) in [4.78, 5) is 27.1. The number of carbonyl (C=O) groups excluding carboxylic acids is 1. The Morgan fingerprint density at radius 3 is 2.88 bits per heavy atom. The average Bonchev–Trinajstić information content (AvgIpc) is 2.96. The highest BCUT2D eigenvalue weighted by Crippen LogP contribution is 2.19. The van der Waals surface area contributed by atoms with Crippen LogP contribution in [0, 0.1) is 0 Å². The Bertz CT molecular complexity index is 451. The molecule has 2 heterocycles. The van der Waals surface area contributed by atoms with Gasteiger partial charge in [0, 0.05) is 0 Å². The van der Waals surface area contributed by atoms with Crippen LogP contribution in [0.4, 0.5) is 10.6 Å². The lowest BCUT2D eigenvalue weighted by Gasteiger charge is -2.03. The zero-order valence-corrected chi connectivity index (χ0v) is 9.64. The summed E-state index contributed by atoms with van der Waals surface area (Å²) in [5, 5.41) is 11.2.